The first-order valence-electron chi connectivity index (χ1n) is 8.40. The van der Waals surface area contributed by atoms with Gasteiger partial charge in [-0.1, -0.05) is 29.8 Å². The van der Waals surface area contributed by atoms with Crippen molar-refractivity contribution < 1.29 is 4.79 Å². The largest absolute Gasteiger partial charge is 0.322 e. The number of aryl methyl sites for hydroxylation is 3. The zero-order valence-electron chi connectivity index (χ0n) is 15.3. The SMILES string of the molecule is Cc1ccc(C(=O)Nc2cccc(-c3cc(C)c(=O)n(C)n3)c2C)cc1. The van der Waals surface area contributed by atoms with Crippen molar-refractivity contribution in [3.63, 3.8) is 0 Å². The zero-order chi connectivity index (χ0) is 18.8. The van der Waals surface area contributed by atoms with Crippen LogP contribution in [0.4, 0.5) is 5.69 Å². The molecule has 3 rings (SSSR count). The second kappa shape index (κ2) is 6.96. The summed E-state index contributed by atoms with van der Waals surface area (Å²) in [6.07, 6.45) is 0. The molecule has 0 aliphatic carbocycles. The average molecular weight is 347 g/mol. The van der Waals surface area contributed by atoms with Crippen LogP contribution in [0, 0.1) is 20.8 Å². The second-order valence-corrected chi connectivity index (χ2v) is 6.44. The van der Waals surface area contributed by atoms with Gasteiger partial charge in [0.15, 0.2) is 0 Å². The number of rotatable bonds is 3. The molecular weight excluding hydrogens is 326 g/mol. The summed E-state index contributed by atoms with van der Waals surface area (Å²) in [4.78, 5) is 24.4. The maximum atomic E-state index is 12.5. The molecule has 0 aliphatic heterocycles. The minimum absolute atomic E-state index is 0.116. The Morgan fingerprint density at radius 1 is 1.04 bits per heavy atom. The van der Waals surface area contributed by atoms with Gasteiger partial charge in [-0.3, -0.25) is 9.59 Å². The number of carbonyl (C=O) groups excluding carboxylic acids is 1. The molecule has 1 amide bonds. The van der Waals surface area contributed by atoms with Crippen LogP contribution in [0.15, 0.2) is 53.3 Å². The summed E-state index contributed by atoms with van der Waals surface area (Å²) < 4.78 is 1.33. The highest BCUT2D eigenvalue weighted by Gasteiger charge is 2.13. The first-order valence-corrected chi connectivity index (χ1v) is 8.40. The summed E-state index contributed by atoms with van der Waals surface area (Å²) in [5.41, 5.74) is 5.44. The number of aromatic nitrogens is 2. The van der Waals surface area contributed by atoms with E-state index in [0.29, 0.717) is 16.8 Å². The molecule has 0 radical (unpaired) electrons. The molecule has 0 aliphatic rings. The fourth-order valence-electron chi connectivity index (χ4n) is 2.84. The predicted molar refractivity (Wildman–Crippen MR) is 104 cm³/mol. The van der Waals surface area contributed by atoms with E-state index in [4.69, 9.17) is 0 Å². The normalized spacial score (nSPS) is 10.6. The molecule has 5 nitrogen and oxygen atoms in total. The predicted octanol–water partition coefficient (Wildman–Crippen LogP) is 3.62. The summed E-state index contributed by atoms with van der Waals surface area (Å²) in [6.45, 7) is 5.69. The van der Waals surface area contributed by atoms with Crippen molar-refractivity contribution in [1.29, 1.82) is 0 Å². The molecular formula is C21H21N3O2. The molecule has 1 heterocycles. The number of nitrogens with zero attached hydrogens (tertiary/aromatic N) is 2. The number of amides is 1. The van der Waals surface area contributed by atoms with E-state index in [2.05, 4.69) is 10.4 Å². The van der Waals surface area contributed by atoms with E-state index in [1.165, 1.54) is 4.68 Å². The summed E-state index contributed by atoms with van der Waals surface area (Å²) in [6, 6.07) is 14.9. The maximum absolute atomic E-state index is 12.5. The van der Waals surface area contributed by atoms with Crippen molar-refractivity contribution in [2.24, 2.45) is 7.05 Å². The zero-order valence-corrected chi connectivity index (χ0v) is 15.3. The first kappa shape index (κ1) is 17.6. The Kier molecular flexibility index (Phi) is 4.71. The smallest absolute Gasteiger partial charge is 0.269 e. The van der Waals surface area contributed by atoms with Crippen molar-refractivity contribution in [2.75, 3.05) is 5.32 Å². The number of hydrogen-bond donors (Lipinski definition) is 1. The highest BCUT2D eigenvalue weighted by Crippen LogP contribution is 2.27. The Bertz CT molecular complexity index is 1010. The van der Waals surface area contributed by atoms with Gasteiger partial charge in [-0.25, -0.2) is 4.68 Å². The summed E-state index contributed by atoms with van der Waals surface area (Å²) in [7, 11) is 1.64. The molecule has 0 spiro atoms. The Balaban J connectivity index is 1.96. The summed E-state index contributed by atoms with van der Waals surface area (Å²) in [5.74, 6) is -0.158. The van der Waals surface area contributed by atoms with Crippen molar-refractivity contribution in [3.8, 4) is 11.3 Å². The Labute approximate surface area is 152 Å². The highest BCUT2D eigenvalue weighted by atomic mass is 16.1. The average Bonchev–Trinajstić information content (AvgIpc) is 2.61. The molecule has 0 fully saturated rings. The molecule has 5 heteroatoms. The lowest BCUT2D eigenvalue weighted by atomic mass is 10.0. The van der Waals surface area contributed by atoms with Gasteiger partial charge in [-0.05, 0) is 50.6 Å². The molecule has 132 valence electrons. The standard InChI is InChI=1S/C21H21N3O2/c1-13-8-10-16(11-9-13)20(25)22-18-7-5-6-17(15(18)3)19-12-14(2)21(26)24(4)23-19/h5-12H,1-4H3,(H,22,25). The van der Waals surface area contributed by atoms with Gasteiger partial charge in [0.2, 0.25) is 0 Å². The molecule has 0 bridgehead atoms. The van der Waals surface area contributed by atoms with Crippen LogP contribution in [0.2, 0.25) is 0 Å². The van der Waals surface area contributed by atoms with Gasteiger partial charge >= 0.3 is 0 Å². The van der Waals surface area contributed by atoms with Crippen LogP contribution in [0.5, 0.6) is 0 Å². The quantitative estimate of drug-likeness (QED) is 0.787. The monoisotopic (exact) mass is 347 g/mol. The van der Waals surface area contributed by atoms with Gasteiger partial charge in [-0.2, -0.15) is 5.10 Å². The van der Waals surface area contributed by atoms with Crippen LogP contribution in [0.1, 0.15) is 27.0 Å². The van der Waals surface area contributed by atoms with Crippen LogP contribution in [-0.2, 0) is 7.05 Å². The van der Waals surface area contributed by atoms with Crippen molar-refractivity contribution in [3.05, 3.63) is 81.1 Å². The number of anilines is 1. The summed E-state index contributed by atoms with van der Waals surface area (Å²) in [5, 5.41) is 7.31. The molecule has 0 saturated heterocycles. The van der Waals surface area contributed by atoms with E-state index in [0.717, 1.165) is 22.4 Å². The fraction of sp³-hybridized carbons (Fsp3) is 0.190. The molecule has 0 saturated carbocycles. The minimum atomic E-state index is -0.158. The van der Waals surface area contributed by atoms with Gasteiger partial charge in [0.25, 0.3) is 11.5 Å². The van der Waals surface area contributed by atoms with E-state index in [-0.39, 0.29) is 11.5 Å². The number of nitrogens with one attached hydrogen (secondary N) is 1. The third kappa shape index (κ3) is 3.42. The van der Waals surface area contributed by atoms with Gasteiger partial charge in [-0.15, -0.1) is 0 Å². The van der Waals surface area contributed by atoms with Gasteiger partial charge in [0.05, 0.1) is 5.69 Å². The molecule has 1 N–H and O–H groups in total. The third-order valence-corrected chi connectivity index (χ3v) is 4.41. The van der Waals surface area contributed by atoms with Crippen LogP contribution in [0.3, 0.4) is 0 Å². The third-order valence-electron chi connectivity index (χ3n) is 4.41. The first-order chi connectivity index (χ1) is 12.4. The topological polar surface area (TPSA) is 64.0 Å². The van der Waals surface area contributed by atoms with E-state index < -0.39 is 0 Å². The molecule has 0 unspecified atom stereocenters. The molecule has 3 aromatic rings. The Morgan fingerprint density at radius 2 is 1.73 bits per heavy atom. The number of hydrogen-bond acceptors (Lipinski definition) is 3. The van der Waals surface area contributed by atoms with E-state index >= 15 is 0 Å². The molecule has 1 aromatic heterocycles. The lowest BCUT2D eigenvalue weighted by Crippen LogP contribution is -2.22. The fourth-order valence-corrected chi connectivity index (χ4v) is 2.84. The minimum Gasteiger partial charge on any atom is -0.322 e. The lowest BCUT2D eigenvalue weighted by molar-refractivity contribution is 0.102. The van der Waals surface area contributed by atoms with Gasteiger partial charge in [0.1, 0.15) is 0 Å². The maximum Gasteiger partial charge on any atom is 0.269 e. The van der Waals surface area contributed by atoms with Crippen molar-refractivity contribution >= 4 is 11.6 Å². The van der Waals surface area contributed by atoms with E-state index in [9.17, 15) is 9.59 Å². The van der Waals surface area contributed by atoms with Crippen molar-refractivity contribution in [1.82, 2.24) is 9.78 Å². The Morgan fingerprint density at radius 3 is 2.38 bits per heavy atom. The number of carbonyl (C=O) groups is 1. The molecule has 26 heavy (non-hydrogen) atoms. The second-order valence-electron chi connectivity index (χ2n) is 6.44. The number of benzene rings is 2. The lowest BCUT2D eigenvalue weighted by Gasteiger charge is -2.13. The Hall–Kier alpha value is -3.21. The van der Waals surface area contributed by atoms with Crippen LogP contribution < -0.4 is 10.9 Å². The molecule has 0 atom stereocenters. The van der Waals surface area contributed by atoms with Crippen LogP contribution in [-0.4, -0.2) is 15.7 Å². The van der Waals surface area contributed by atoms with Crippen molar-refractivity contribution in [2.45, 2.75) is 20.8 Å². The molecule has 2 aromatic carbocycles. The summed E-state index contributed by atoms with van der Waals surface area (Å²) >= 11 is 0. The van der Waals surface area contributed by atoms with Gasteiger partial charge in [0, 0.05) is 29.4 Å². The van der Waals surface area contributed by atoms with Crippen LogP contribution >= 0.6 is 0 Å². The van der Waals surface area contributed by atoms with Crippen LogP contribution in [0.25, 0.3) is 11.3 Å². The van der Waals surface area contributed by atoms with Gasteiger partial charge < -0.3 is 5.32 Å². The van der Waals surface area contributed by atoms with E-state index in [1.807, 2.05) is 56.3 Å². The highest BCUT2D eigenvalue weighted by molar-refractivity contribution is 6.05. The van der Waals surface area contributed by atoms with E-state index in [1.54, 1.807) is 20.0 Å².